The minimum absolute atomic E-state index is 0.976. The van der Waals surface area contributed by atoms with Crippen molar-refractivity contribution in [1.29, 1.82) is 0 Å². The van der Waals surface area contributed by atoms with Crippen LogP contribution in [0.2, 0.25) is 24.2 Å². The molecule has 0 aromatic rings. The SMILES string of the molecule is C=CC[Si](CCCC)(CCCC)CCCC. The van der Waals surface area contributed by atoms with Crippen molar-refractivity contribution in [2.45, 2.75) is 83.5 Å². The van der Waals surface area contributed by atoms with E-state index in [1.54, 1.807) is 18.1 Å². The summed E-state index contributed by atoms with van der Waals surface area (Å²) in [6, 6.07) is 6.02. The van der Waals surface area contributed by atoms with Crippen LogP contribution in [0, 0.1) is 0 Å². The third-order valence-electron chi connectivity index (χ3n) is 3.76. The summed E-state index contributed by atoms with van der Waals surface area (Å²) in [6.07, 6.45) is 10.7. The van der Waals surface area contributed by atoms with Gasteiger partial charge in [-0.05, 0) is 6.04 Å². The molecule has 0 aliphatic rings. The third kappa shape index (κ3) is 6.52. The molecular weight excluding hydrogens is 208 g/mol. The van der Waals surface area contributed by atoms with Crippen molar-refractivity contribution in [2.24, 2.45) is 0 Å². The predicted molar refractivity (Wildman–Crippen MR) is 79.9 cm³/mol. The lowest BCUT2D eigenvalue weighted by Crippen LogP contribution is -2.33. The molecule has 16 heavy (non-hydrogen) atoms. The summed E-state index contributed by atoms with van der Waals surface area (Å²) < 4.78 is 0. The van der Waals surface area contributed by atoms with Gasteiger partial charge in [-0.2, -0.15) is 0 Å². The van der Waals surface area contributed by atoms with E-state index in [0.29, 0.717) is 0 Å². The average molecular weight is 241 g/mol. The summed E-state index contributed by atoms with van der Waals surface area (Å²) >= 11 is 0. The third-order valence-corrected chi connectivity index (χ3v) is 9.16. The smallest absolute Gasteiger partial charge is 0.0573 e. The van der Waals surface area contributed by atoms with Crippen LogP contribution in [0.4, 0.5) is 0 Å². The van der Waals surface area contributed by atoms with Gasteiger partial charge in [-0.25, -0.2) is 0 Å². The van der Waals surface area contributed by atoms with E-state index >= 15 is 0 Å². The first-order valence-corrected chi connectivity index (χ1v) is 10.2. The van der Waals surface area contributed by atoms with Gasteiger partial charge in [0, 0.05) is 0 Å². The fourth-order valence-corrected chi connectivity index (χ4v) is 7.93. The predicted octanol–water partition coefficient (Wildman–Crippen LogP) is 6.02. The van der Waals surface area contributed by atoms with Crippen LogP contribution in [-0.2, 0) is 0 Å². The normalized spacial score (nSPS) is 11.7. The van der Waals surface area contributed by atoms with Crippen LogP contribution in [0.5, 0.6) is 0 Å². The van der Waals surface area contributed by atoms with Crippen molar-refractivity contribution < 1.29 is 0 Å². The van der Waals surface area contributed by atoms with E-state index in [4.69, 9.17) is 0 Å². The molecule has 0 saturated heterocycles. The lowest BCUT2D eigenvalue weighted by Gasteiger charge is -2.31. The lowest BCUT2D eigenvalue weighted by atomic mass is 10.4. The van der Waals surface area contributed by atoms with Crippen LogP contribution >= 0.6 is 0 Å². The average Bonchev–Trinajstić information content (AvgIpc) is 2.31. The van der Waals surface area contributed by atoms with Gasteiger partial charge in [-0.1, -0.05) is 83.5 Å². The molecule has 0 nitrogen and oxygen atoms in total. The number of rotatable bonds is 11. The molecule has 0 unspecified atom stereocenters. The zero-order valence-electron chi connectivity index (χ0n) is 11.9. The number of hydrogen-bond acceptors (Lipinski definition) is 0. The van der Waals surface area contributed by atoms with Gasteiger partial charge >= 0.3 is 0 Å². The highest BCUT2D eigenvalue weighted by atomic mass is 28.3. The molecule has 96 valence electrons. The molecule has 0 spiro atoms. The fraction of sp³-hybridized carbons (Fsp3) is 0.867. The molecule has 0 aliphatic heterocycles. The van der Waals surface area contributed by atoms with Gasteiger partial charge in [-0.3, -0.25) is 0 Å². The van der Waals surface area contributed by atoms with Crippen molar-refractivity contribution >= 4 is 8.07 Å². The van der Waals surface area contributed by atoms with Gasteiger partial charge in [0.15, 0.2) is 0 Å². The molecule has 0 heterocycles. The number of allylic oxidation sites excluding steroid dienone is 1. The molecule has 1 heteroatoms. The summed E-state index contributed by atoms with van der Waals surface area (Å²) in [5.41, 5.74) is 0. The van der Waals surface area contributed by atoms with Crippen LogP contribution < -0.4 is 0 Å². The van der Waals surface area contributed by atoms with Crippen LogP contribution in [0.15, 0.2) is 12.7 Å². The number of hydrogen-bond donors (Lipinski definition) is 0. The maximum atomic E-state index is 4.00. The minimum atomic E-state index is -0.976. The molecule has 0 rings (SSSR count). The molecule has 0 fully saturated rings. The second-order valence-corrected chi connectivity index (χ2v) is 10.2. The van der Waals surface area contributed by atoms with Crippen LogP contribution in [-0.4, -0.2) is 8.07 Å². The maximum Gasteiger partial charge on any atom is 0.0573 e. The minimum Gasteiger partial charge on any atom is -0.103 e. The summed E-state index contributed by atoms with van der Waals surface area (Å²) in [5.74, 6) is 0. The van der Waals surface area contributed by atoms with Crippen molar-refractivity contribution in [3.63, 3.8) is 0 Å². The van der Waals surface area contributed by atoms with Crippen LogP contribution in [0.25, 0.3) is 0 Å². The van der Waals surface area contributed by atoms with Crippen molar-refractivity contribution in [1.82, 2.24) is 0 Å². The first-order valence-electron chi connectivity index (χ1n) is 7.35. The Morgan fingerprint density at radius 3 is 1.44 bits per heavy atom. The molecular formula is C15H32Si. The topological polar surface area (TPSA) is 0 Å². The first kappa shape index (κ1) is 16.0. The van der Waals surface area contributed by atoms with Gasteiger partial charge in [-0.15, -0.1) is 6.58 Å². The Morgan fingerprint density at radius 2 is 1.19 bits per heavy atom. The van der Waals surface area contributed by atoms with E-state index in [1.165, 1.54) is 44.6 Å². The quantitative estimate of drug-likeness (QED) is 0.306. The molecule has 0 aliphatic carbocycles. The summed E-state index contributed by atoms with van der Waals surface area (Å²) in [7, 11) is -0.976. The van der Waals surface area contributed by atoms with Crippen molar-refractivity contribution in [2.75, 3.05) is 0 Å². The van der Waals surface area contributed by atoms with E-state index in [0.717, 1.165) is 0 Å². The lowest BCUT2D eigenvalue weighted by molar-refractivity contribution is 0.790. The molecule has 0 aromatic heterocycles. The zero-order chi connectivity index (χ0) is 12.3. The summed E-state index contributed by atoms with van der Waals surface area (Å²) in [6.45, 7) is 11.0. The van der Waals surface area contributed by atoms with Crippen molar-refractivity contribution in [3.05, 3.63) is 12.7 Å². The Balaban J connectivity index is 4.37. The van der Waals surface area contributed by atoms with Gasteiger partial charge in [0.2, 0.25) is 0 Å². The Labute approximate surface area is 105 Å². The Bertz CT molecular complexity index is 141. The highest BCUT2D eigenvalue weighted by Crippen LogP contribution is 2.32. The highest BCUT2D eigenvalue weighted by Gasteiger charge is 2.29. The molecule has 0 atom stereocenters. The number of unbranched alkanes of at least 4 members (excludes halogenated alkanes) is 3. The Morgan fingerprint density at radius 1 is 0.812 bits per heavy atom. The Kier molecular flexibility index (Phi) is 10.1. The molecule has 0 radical (unpaired) electrons. The second-order valence-electron chi connectivity index (χ2n) is 5.30. The van der Waals surface area contributed by atoms with Gasteiger partial charge in [0.1, 0.15) is 0 Å². The van der Waals surface area contributed by atoms with E-state index < -0.39 is 8.07 Å². The highest BCUT2D eigenvalue weighted by molar-refractivity contribution is 6.80. The fourth-order valence-electron chi connectivity index (χ4n) is 2.64. The molecule has 0 aromatic carbocycles. The van der Waals surface area contributed by atoms with Gasteiger partial charge in [0.25, 0.3) is 0 Å². The van der Waals surface area contributed by atoms with E-state index in [-0.39, 0.29) is 0 Å². The first-order chi connectivity index (χ1) is 7.74. The summed E-state index contributed by atoms with van der Waals surface area (Å²) in [5, 5.41) is 0. The maximum absolute atomic E-state index is 4.00. The standard InChI is InChI=1S/C15H32Si/c1-5-9-13-16(12-8-4,14-10-6-2)15-11-7-3/h8H,4-7,9-15H2,1-3H3. The zero-order valence-corrected chi connectivity index (χ0v) is 12.9. The molecule has 0 bridgehead atoms. The molecule has 0 N–H and O–H groups in total. The van der Waals surface area contributed by atoms with Gasteiger partial charge in [0.05, 0.1) is 8.07 Å². The van der Waals surface area contributed by atoms with E-state index in [1.807, 2.05) is 0 Å². The monoisotopic (exact) mass is 240 g/mol. The largest absolute Gasteiger partial charge is 0.103 e. The van der Waals surface area contributed by atoms with E-state index in [9.17, 15) is 0 Å². The van der Waals surface area contributed by atoms with Crippen molar-refractivity contribution in [3.8, 4) is 0 Å². The van der Waals surface area contributed by atoms with Crippen LogP contribution in [0.3, 0.4) is 0 Å². The Hall–Kier alpha value is -0.0431. The van der Waals surface area contributed by atoms with E-state index in [2.05, 4.69) is 33.4 Å². The second kappa shape index (κ2) is 10.1. The molecule has 0 amide bonds. The van der Waals surface area contributed by atoms with Gasteiger partial charge < -0.3 is 0 Å². The molecule has 0 saturated carbocycles. The summed E-state index contributed by atoms with van der Waals surface area (Å²) in [4.78, 5) is 0. The van der Waals surface area contributed by atoms with Crippen LogP contribution in [0.1, 0.15) is 59.3 Å².